The topological polar surface area (TPSA) is 46.2 Å². The van der Waals surface area contributed by atoms with Crippen molar-refractivity contribution in [1.82, 2.24) is 0 Å². The van der Waals surface area contributed by atoms with Gasteiger partial charge in [-0.2, -0.15) is 0 Å². The SMILES string of the molecule is CC(C)Nc1ccc(F)cc1CS(C)(=O)=O. The van der Waals surface area contributed by atoms with Crippen LogP contribution in [0.3, 0.4) is 0 Å². The Kier molecular flexibility index (Phi) is 3.91. The Morgan fingerprint density at radius 1 is 1.38 bits per heavy atom. The Bertz CT molecular complexity index is 469. The Hall–Kier alpha value is -1.10. The number of halogens is 1. The first kappa shape index (κ1) is 13.0. The highest BCUT2D eigenvalue weighted by atomic mass is 32.2. The third-order valence-electron chi connectivity index (χ3n) is 1.93. The van der Waals surface area contributed by atoms with E-state index in [1.165, 1.54) is 12.1 Å². The fraction of sp³-hybridized carbons (Fsp3) is 0.455. The van der Waals surface area contributed by atoms with Crippen molar-refractivity contribution in [3.05, 3.63) is 29.6 Å². The van der Waals surface area contributed by atoms with E-state index in [1.54, 1.807) is 6.07 Å². The normalized spacial score (nSPS) is 11.8. The highest BCUT2D eigenvalue weighted by Gasteiger charge is 2.11. The van der Waals surface area contributed by atoms with Crippen LogP contribution < -0.4 is 5.32 Å². The average Bonchev–Trinajstić information content (AvgIpc) is 2.06. The molecule has 1 aromatic carbocycles. The maximum atomic E-state index is 13.0. The van der Waals surface area contributed by atoms with Gasteiger partial charge in [0, 0.05) is 18.0 Å². The number of hydrogen-bond acceptors (Lipinski definition) is 3. The minimum absolute atomic E-state index is 0.153. The van der Waals surface area contributed by atoms with E-state index >= 15 is 0 Å². The van der Waals surface area contributed by atoms with Gasteiger partial charge in [0.15, 0.2) is 9.84 Å². The molecule has 5 heteroatoms. The van der Waals surface area contributed by atoms with Crippen LogP contribution in [-0.4, -0.2) is 20.7 Å². The molecule has 0 amide bonds. The van der Waals surface area contributed by atoms with Crippen LogP contribution in [0.2, 0.25) is 0 Å². The summed E-state index contributed by atoms with van der Waals surface area (Å²) in [5.74, 6) is -0.576. The molecule has 0 spiro atoms. The summed E-state index contributed by atoms with van der Waals surface area (Å²) in [6.45, 7) is 3.88. The standard InChI is InChI=1S/C11H16FNO2S/c1-8(2)13-11-5-4-10(12)6-9(11)7-16(3,14)15/h4-6,8,13H,7H2,1-3H3. The lowest BCUT2D eigenvalue weighted by Gasteiger charge is -2.14. The fourth-order valence-electron chi connectivity index (χ4n) is 1.42. The Morgan fingerprint density at radius 2 is 2.00 bits per heavy atom. The maximum absolute atomic E-state index is 13.0. The molecule has 0 bridgehead atoms. The van der Waals surface area contributed by atoms with E-state index in [1.807, 2.05) is 13.8 Å². The van der Waals surface area contributed by atoms with Gasteiger partial charge >= 0.3 is 0 Å². The molecule has 0 unspecified atom stereocenters. The first-order valence-electron chi connectivity index (χ1n) is 5.00. The fourth-order valence-corrected chi connectivity index (χ4v) is 2.22. The molecular formula is C11H16FNO2S. The summed E-state index contributed by atoms with van der Waals surface area (Å²) in [7, 11) is -3.16. The van der Waals surface area contributed by atoms with Crippen LogP contribution in [0, 0.1) is 5.82 Å². The number of hydrogen-bond donors (Lipinski definition) is 1. The third-order valence-corrected chi connectivity index (χ3v) is 2.76. The molecule has 0 saturated carbocycles. The predicted molar refractivity (Wildman–Crippen MR) is 63.7 cm³/mol. The van der Waals surface area contributed by atoms with Crippen molar-refractivity contribution in [1.29, 1.82) is 0 Å². The van der Waals surface area contributed by atoms with Crippen molar-refractivity contribution >= 4 is 15.5 Å². The Balaban J connectivity index is 3.08. The molecule has 0 atom stereocenters. The van der Waals surface area contributed by atoms with E-state index < -0.39 is 15.7 Å². The lowest BCUT2D eigenvalue weighted by molar-refractivity contribution is 0.600. The summed E-state index contributed by atoms with van der Waals surface area (Å²) in [6.07, 6.45) is 1.14. The number of anilines is 1. The summed E-state index contributed by atoms with van der Waals surface area (Å²) in [5.41, 5.74) is 1.14. The molecule has 0 aliphatic rings. The number of nitrogens with one attached hydrogen (secondary N) is 1. The second-order valence-corrected chi connectivity index (χ2v) is 6.31. The summed E-state index contributed by atoms with van der Waals surface area (Å²) >= 11 is 0. The van der Waals surface area contributed by atoms with Crippen LogP contribution in [0.1, 0.15) is 19.4 Å². The molecule has 0 saturated heterocycles. The van der Waals surface area contributed by atoms with E-state index in [2.05, 4.69) is 5.32 Å². The largest absolute Gasteiger partial charge is 0.383 e. The van der Waals surface area contributed by atoms with Crippen molar-refractivity contribution in [2.75, 3.05) is 11.6 Å². The van der Waals surface area contributed by atoms with Gasteiger partial charge in [-0.3, -0.25) is 0 Å². The van der Waals surface area contributed by atoms with Gasteiger partial charge in [-0.25, -0.2) is 12.8 Å². The van der Waals surface area contributed by atoms with Crippen molar-refractivity contribution in [2.24, 2.45) is 0 Å². The summed E-state index contributed by atoms with van der Waals surface area (Å²) < 4.78 is 35.4. The van der Waals surface area contributed by atoms with Crippen LogP contribution in [0.4, 0.5) is 10.1 Å². The molecule has 0 radical (unpaired) electrons. The highest BCUT2D eigenvalue weighted by molar-refractivity contribution is 7.89. The monoisotopic (exact) mass is 245 g/mol. The van der Waals surface area contributed by atoms with Gasteiger partial charge in [0.2, 0.25) is 0 Å². The van der Waals surface area contributed by atoms with Crippen LogP contribution in [0.15, 0.2) is 18.2 Å². The van der Waals surface area contributed by atoms with E-state index in [0.29, 0.717) is 11.3 Å². The molecule has 0 aliphatic heterocycles. The molecular weight excluding hydrogens is 229 g/mol. The molecule has 16 heavy (non-hydrogen) atoms. The second kappa shape index (κ2) is 4.82. The molecule has 1 aromatic rings. The number of rotatable bonds is 4. The lowest BCUT2D eigenvalue weighted by atomic mass is 10.2. The van der Waals surface area contributed by atoms with Gasteiger partial charge in [0.25, 0.3) is 0 Å². The van der Waals surface area contributed by atoms with Crippen molar-refractivity contribution < 1.29 is 12.8 Å². The second-order valence-electron chi connectivity index (χ2n) is 4.17. The maximum Gasteiger partial charge on any atom is 0.151 e. The van der Waals surface area contributed by atoms with Crippen LogP contribution >= 0.6 is 0 Å². The Morgan fingerprint density at radius 3 is 2.50 bits per heavy atom. The molecule has 90 valence electrons. The zero-order valence-electron chi connectivity index (χ0n) is 9.62. The molecule has 0 fully saturated rings. The first-order valence-corrected chi connectivity index (χ1v) is 7.06. The number of benzene rings is 1. The van der Waals surface area contributed by atoms with E-state index in [4.69, 9.17) is 0 Å². The molecule has 1 rings (SSSR count). The van der Waals surface area contributed by atoms with Gasteiger partial charge < -0.3 is 5.32 Å². The van der Waals surface area contributed by atoms with Gasteiger partial charge in [-0.05, 0) is 37.6 Å². The van der Waals surface area contributed by atoms with Gasteiger partial charge in [0.05, 0.1) is 5.75 Å². The van der Waals surface area contributed by atoms with Crippen molar-refractivity contribution in [3.8, 4) is 0 Å². The van der Waals surface area contributed by atoms with Crippen molar-refractivity contribution in [3.63, 3.8) is 0 Å². The minimum Gasteiger partial charge on any atom is -0.383 e. The third kappa shape index (κ3) is 4.18. The van der Waals surface area contributed by atoms with Gasteiger partial charge in [-0.15, -0.1) is 0 Å². The smallest absolute Gasteiger partial charge is 0.151 e. The lowest BCUT2D eigenvalue weighted by Crippen LogP contribution is -2.13. The quantitative estimate of drug-likeness (QED) is 0.884. The zero-order chi connectivity index (χ0) is 12.3. The Labute approximate surface area is 95.6 Å². The van der Waals surface area contributed by atoms with Crippen LogP contribution in [0.5, 0.6) is 0 Å². The van der Waals surface area contributed by atoms with Crippen molar-refractivity contribution in [2.45, 2.75) is 25.6 Å². The summed E-state index contributed by atoms with van der Waals surface area (Å²) in [5, 5.41) is 3.09. The molecule has 0 aromatic heterocycles. The number of sulfone groups is 1. The summed E-state index contributed by atoms with van der Waals surface area (Å²) in [4.78, 5) is 0. The average molecular weight is 245 g/mol. The van der Waals surface area contributed by atoms with Crippen LogP contribution in [0.25, 0.3) is 0 Å². The predicted octanol–water partition coefficient (Wildman–Crippen LogP) is 2.19. The van der Waals surface area contributed by atoms with Crippen LogP contribution in [-0.2, 0) is 15.6 Å². The molecule has 1 N–H and O–H groups in total. The van der Waals surface area contributed by atoms with E-state index in [-0.39, 0.29) is 11.8 Å². The van der Waals surface area contributed by atoms with Gasteiger partial charge in [-0.1, -0.05) is 0 Å². The molecule has 3 nitrogen and oxygen atoms in total. The first-order chi connectivity index (χ1) is 7.28. The molecule has 0 aliphatic carbocycles. The minimum atomic E-state index is -3.16. The zero-order valence-corrected chi connectivity index (χ0v) is 10.4. The summed E-state index contributed by atoms with van der Waals surface area (Å²) in [6, 6.07) is 4.31. The van der Waals surface area contributed by atoms with Gasteiger partial charge in [0.1, 0.15) is 5.82 Å². The highest BCUT2D eigenvalue weighted by Crippen LogP contribution is 2.20. The molecule has 0 heterocycles. The van der Waals surface area contributed by atoms with E-state index in [0.717, 1.165) is 6.26 Å². The van der Waals surface area contributed by atoms with E-state index in [9.17, 15) is 12.8 Å².